The predicted molar refractivity (Wildman–Crippen MR) is 56.2 cm³/mol. The molecule has 11 heavy (non-hydrogen) atoms. The third kappa shape index (κ3) is 3.28. The van der Waals surface area contributed by atoms with Crippen molar-refractivity contribution in [2.45, 2.75) is 43.1 Å². The van der Waals surface area contributed by atoms with Crippen LogP contribution in [0.3, 0.4) is 0 Å². The minimum absolute atomic E-state index is 0.554. The first-order chi connectivity index (χ1) is 5.20. The molecule has 2 heteroatoms. The van der Waals surface area contributed by atoms with Crippen LogP contribution in [-0.4, -0.2) is 16.6 Å². The van der Waals surface area contributed by atoms with Gasteiger partial charge in [0, 0.05) is 10.5 Å². The van der Waals surface area contributed by atoms with E-state index in [4.69, 9.17) is 4.74 Å². The van der Waals surface area contributed by atoms with Crippen LogP contribution in [-0.2, 0) is 4.74 Å². The number of rotatable bonds is 3. The average Bonchev–Trinajstić information content (AvgIpc) is 2.31. The van der Waals surface area contributed by atoms with Gasteiger partial charge in [0.05, 0.1) is 6.10 Å². The molecule has 0 amide bonds. The summed E-state index contributed by atoms with van der Waals surface area (Å²) in [6.07, 6.45) is 4.54. The van der Waals surface area contributed by atoms with Gasteiger partial charge in [-0.05, 0) is 25.2 Å². The van der Waals surface area contributed by atoms with E-state index in [-0.39, 0.29) is 0 Å². The minimum atomic E-state index is 0.554. The Bertz CT molecular complexity index is 114. The molecule has 0 aromatic carbocycles. The predicted octanol–water partition coefficient (Wildman–Crippen LogP) is 3.02. The van der Waals surface area contributed by atoms with E-state index < -0.39 is 0 Å². The van der Waals surface area contributed by atoms with Crippen LogP contribution in [0.5, 0.6) is 0 Å². The molecular weight excluding hydrogens is 251 g/mol. The number of hydrogen-bond acceptors (Lipinski definition) is 1. The van der Waals surface area contributed by atoms with Gasteiger partial charge in [0.15, 0.2) is 0 Å². The second kappa shape index (κ2) is 4.65. The van der Waals surface area contributed by atoms with Crippen LogP contribution in [0.15, 0.2) is 0 Å². The molecule has 1 rings (SSSR count). The highest BCUT2D eigenvalue weighted by Gasteiger charge is 2.25. The lowest BCUT2D eigenvalue weighted by Crippen LogP contribution is -2.20. The van der Waals surface area contributed by atoms with E-state index in [1.54, 1.807) is 0 Å². The van der Waals surface area contributed by atoms with Crippen molar-refractivity contribution < 1.29 is 4.74 Å². The molecule has 0 aromatic heterocycles. The molecule has 0 radical (unpaired) electrons. The van der Waals surface area contributed by atoms with E-state index in [1.807, 2.05) is 0 Å². The number of halogens is 1. The van der Waals surface area contributed by atoms with Crippen molar-refractivity contribution in [3.8, 4) is 0 Å². The zero-order valence-electron chi connectivity index (χ0n) is 7.35. The molecule has 66 valence electrons. The third-order valence-corrected chi connectivity index (χ3v) is 3.44. The maximum absolute atomic E-state index is 5.77. The summed E-state index contributed by atoms with van der Waals surface area (Å²) < 4.78 is 6.54. The van der Waals surface area contributed by atoms with Gasteiger partial charge in [-0.25, -0.2) is 0 Å². The van der Waals surface area contributed by atoms with E-state index >= 15 is 0 Å². The Balaban J connectivity index is 2.15. The molecule has 0 bridgehead atoms. The molecule has 0 spiro atoms. The van der Waals surface area contributed by atoms with Crippen molar-refractivity contribution in [1.29, 1.82) is 0 Å². The fourth-order valence-corrected chi connectivity index (χ4v) is 2.39. The summed E-state index contributed by atoms with van der Waals surface area (Å²) in [5, 5.41) is 0. The first-order valence-electron chi connectivity index (χ1n) is 4.46. The van der Waals surface area contributed by atoms with Gasteiger partial charge in [-0.1, -0.05) is 36.4 Å². The molecule has 1 fully saturated rings. The number of hydrogen-bond donors (Lipinski definition) is 0. The van der Waals surface area contributed by atoms with Gasteiger partial charge >= 0.3 is 0 Å². The van der Waals surface area contributed by atoms with Gasteiger partial charge in [0.1, 0.15) is 0 Å². The normalized spacial score (nSPS) is 31.6. The number of alkyl halides is 1. The quantitative estimate of drug-likeness (QED) is 0.564. The van der Waals surface area contributed by atoms with Crippen molar-refractivity contribution >= 4 is 22.6 Å². The second-order valence-electron chi connectivity index (χ2n) is 3.71. The second-order valence-corrected chi connectivity index (χ2v) is 5.31. The largest absolute Gasteiger partial charge is 0.377 e. The Kier molecular flexibility index (Phi) is 4.13. The highest BCUT2D eigenvalue weighted by Crippen LogP contribution is 2.28. The fraction of sp³-hybridized carbons (Fsp3) is 1.00. The molecule has 1 aliphatic carbocycles. The summed E-state index contributed by atoms with van der Waals surface area (Å²) >= 11 is 2.52. The summed E-state index contributed by atoms with van der Waals surface area (Å²) in [6, 6.07) is 0. The van der Waals surface area contributed by atoms with Gasteiger partial charge in [0.25, 0.3) is 0 Å². The highest BCUT2D eigenvalue weighted by molar-refractivity contribution is 14.1. The lowest BCUT2D eigenvalue weighted by Gasteiger charge is -2.16. The van der Waals surface area contributed by atoms with Crippen LogP contribution in [0.1, 0.15) is 33.1 Å². The van der Waals surface area contributed by atoms with Crippen molar-refractivity contribution in [3.63, 3.8) is 0 Å². The van der Waals surface area contributed by atoms with Gasteiger partial charge in [-0.2, -0.15) is 0 Å². The van der Waals surface area contributed by atoms with Gasteiger partial charge in [-0.3, -0.25) is 0 Å². The average molecular weight is 268 g/mol. The summed E-state index contributed by atoms with van der Waals surface area (Å²) in [7, 11) is 0. The van der Waals surface area contributed by atoms with Gasteiger partial charge < -0.3 is 4.74 Å². The molecule has 2 atom stereocenters. The van der Waals surface area contributed by atoms with Crippen molar-refractivity contribution in [1.82, 2.24) is 0 Å². The Morgan fingerprint density at radius 1 is 1.45 bits per heavy atom. The van der Waals surface area contributed by atoms with Crippen molar-refractivity contribution in [2.75, 3.05) is 6.61 Å². The fourth-order valence-electron chi connectivity index (χ4n) is 1.38. The van der Waals surface area contributed by atoms with E-state index in [2.05, 4.69) is 36.4 Å². The maximum Gasteiger partial charge on any atom is 0.0692 e. The Labute approximate surface area is 83.0 Å². The van der Waals surface area contributed by atoms with Crippen LogP contribution in [0.25, 0.3) is 0 Å². The van der Waals surface area contributed by atoms with Crippen LogP contribution >= 0.6 is 22.6 Å². The molecule has 0 aliphatic heterocycles. The molecule has 1 nitrogen and oxygen atoms in total. The topological polar surface area (TPSA) is 9.23 Å². The number of ether oxygens (including phenoxy) is 1. The summed E-state index contributed by atoms with van der Waals surface area (Å²) in [4.78, 5) is 0. The zero-order valence-corrected chi connectivity index (χ0v) is 9.50. The van der Waals surface area contributed by atoms with E-state index in [0.29, 0.717) is 12.0 Å². The van der Waals surface area contributed by atoms with E-state index in [0.717, 1.165) is 10.5 Å². The van der Waals surface area contributed by atoms with Crippen LogP contribution in [0.2, 0.25) is 0 Å². The Morgan fingerprint density at radius 2 is 2.18 bits per heavy atom. The molecule has 1 saturated carbocycles. The monoisotopic (exact) mass is 268 g/mol. The van der Waals surface area contributed by atoms with Crippen molar-refractivity contribution in [3.05, 3.63) is 0 Å². The standard InChI is InChI=1S/C9H17IO/c1-7(2)6-11-9-5-3-4-8(9)10/h7-9H,3-6H2,1-2H3. The van der Waals surface area contributed by atoms with Crippen LogP contribution < -0.4 is 0 Å². The smallest absolute Gasteiger partial charge is 0.0692 e. The molecule has 0 N–H and O–H groups in total. The molecule has 0 aromatic rings. The third-order valence-electron chi connectivity index (χ3n) is 2.02. The highest BCUT2D eigenvalue weighted by atomic mass is 127. The van der Waals surface area contributed by atoms with Crippen LogP contribution in [0.4, 0.5) is 0 Å². The van der Waals surface area contributed by atoms with Gasteiger partial charge in [-0.15, -0.1) is 0 Å². The van der Waals surface area contributed by atoms with Gasteiger partial charge in [0.2, 0.25) is 0 Å². The Hall–Kier alpha value is 0.690. The first-order valence-corrected chi connectivity index (χ1v) is 5.70. The van der Waals surface area contributed by atoms with Crippen molar-refractivity contribution in [2.24, 2.45) is 5.92 Å². The molecule has 0 saturated heterocycles. The first kappa shape index (κ1) is 9.78. The Morgan fingerprint density at radius 3 is 2.64 bits per heavy atom. The maximum atomic E-state index is 5.77. The summed E-state index contributed by atoms with van der Waals surface area (Å²) in [6.45, 7) is 5.35. The lowest BCUT2D eigenvalue weighted by atomic mass is 10.2. The van der Waals surface area contributed by atoms with E-state index in [1.165, 1.54) is 19.3 Å². The minimum Gasteiger partial charge on any atom is -0.377 e. The molecule has 1 aliphatic rings. The zero-order chi connectivity index (χ0) is 8.27. The molecule has 0 heterocycles. The molecular formula is C9H17IO. The SMILES string of the molecule is CC(C)COC1CCCC1I. The summed E-state index contributed by atoms with van der Waals surface area (Å²) in [5.41, 5.74) is 0. The molecule has 2 unspecified atom stereocenters. The van der Waals surface area contributed by atoms with Crippen LogP contribution in [0, 0.1) is 5.92 Å². The lowest BCUT2D eigenvalue weighted by molar-refractivity contribution is 0.0460. The van der Waals surface area contributed by atoms with E-state index in [9.17, 15) is 0 Å². The summed E-state index contributed by atoms with van der Waals surface area (Å²) in [5.74, 6) is 0.680.